The highest BCUT2D eigenvalue weighted by Gasteiger charge is 2.28. The first kappa shape index (κ1) is 18.6. The molecule has 0 spiro atoms. The van der Waals surface area contributed by atoms with Gasteiger partial charge in [0.05, 0.1) is 11.5 Å². The van der Waals surface area contributed by atoms with Gasteiger partial charge in [0, 0.05) is 37.9 Å². The van der Waals surface area contributed by atoms with E-state index < -0.39 is 9.84 Å². The van der Waals surface area contributed by atoms with Crippen molar-refractivity contribution in [3.05, 3.63) is 36.4 Å². The van der Waals surface area contributed by atoms with E-state index in [4.69, 9.17) is 4.74 Å². The van der Waals surface area contributed by atoms with Crippen molar-refractivity contribution in [2.75, 3.05) is 42.4 Å². The lowest BCUT2D eigenvalue weighted by Gasteiger charge is -2.14. The van der Waals surface area contributed by atoms with Crippen LogP contribution in [0, 0.1) is 0 Å². The molecule has 1 aromatic heterocycles. The third-order valence-electron chi connectivity index (χ3n) is 4.17. The number of benzene rings is 1. The van der Waals surface area contributed by atoms with E-state index in [-0.39, 0.29) is 17.5 Å². The highest BCUT2D eigenvalue weighted by molar-refractivity contribution is 7.91. The number of hydrogen-bond acceptors (Lipinski definition) is 7. The van der Waals surface area contributed by atoms with Crippen LogP contribution in [0.5, 0.6) is 0 Å². The maximum absolute atomic E-state index is 11.7. The minimum absolute atomic E-state index is 0.111. The number of ether oxygens (including phenoxy) is 1. The summed E-state index contributed by atoms with van der Waals surface area (Å²) in [6.07, 6.45) is 1.47. The topological polar surface area (TPSA) is 93.2 Å². The van der Waals surface area contributed by atoms with Crippen LogP contribution in [0.15, 0.2) is 36.4 Å². The molecule has 1 unspecified atom stereocenters. The minimum atomic E-state index is -2.94. The van der Waals surface area contributed by atoms with E-state index in [9.17, 15) is 8.42 Å². The van der Waals surface area contributed by atoms with Gasteiger partial charge in [-0.05, 0) is 12.8 Å². The average Bonchev–Trinajstić information content (AvgIpc) is 2.98. The van der Waals surface area contributed by atoms with Crippen molar-refractivity contribution in [1.29, 1.82) is 0 Å². The number of nitrogens with zero attached hydrogens (tertiary/aromatic N) is 2. The van der Waals surface area contributed by atoms with E-state index in [2.05, 4.69) is 20.6 Å². The Kier molecular flexibility index (Phi) is 6.05. The van der Waals surface area contributed by atoms with Gasteiger partial charge in [0.25, 0.3) is 0 Å². The van der Waals surface area contributed by atoms with E-state index in [1.165, 1.54) is 0 Å². The number of anilines is 2. The van der Waals surface area contributed by atoms with Crippen molar-refractivity contribution in [3.63, 3.8) is 0 Å². The normalized spacial score (nSPS) is 18.6. The van der Waals surface area contributed by atoms with Crippen molar-refractivity contribution < 1.29 is 13.2 Å². The lowest BCUT2D eigenvalue weighted by Crippen LogP contribution is -2.21. The highest BCUT2D eigenvalue weighted by atomic mass is 32.2. The van der Waals surface area contributed by atoms with E-state index in [0.717, 1.165) is 18.5 Å². The summed E-state index contributed by atoms with van der Waals surface area (Å²) < 4.78 is 28.4. The fraction of sp³-hybridized carbons (Fsp3) is 0.444. The Morgan fingerprint density at radius 1 is 1.19 bits per heavy atom. The van der Waals surface area contributed by atoms with Gasteiger partial charge in [-0.15, -0.1) is 0 Å². The van der Waals surface area contributed by atoms with Crippen LogP contribution in [-0.2, 0) is 14.6 Å². The standard InChI is InChI=1S/C18H24N4O3S/c1-25-10-5-9-19-16-12-17(20-15-8-11-26(23,24)13-15)22-18(21-16)14-6-3-2-4-7-14/h2-4,6-7,12,15H,5,8-11,13H2,1H3,(H2,19,20,21,22). The van der Waals surface area contributed by atoms with E-state index in [0.29, 0.717) is 30.5 Å². The van der Waals surface area contributed by atoms with Crippen LogP contribution < -0.4 is 10.6 Å². The van der Waals surface area contributed by atoms with Crippen LogP contribution in [0.2, 0.25) is 0 Å². The maximum Gasteiger partial charge on any atom is 0.163 e. The van der Waals surface area contributed by atoms with Crippen LogP contribution >= 0.6 is 0 Å². The fourth-order valence-corrected chi connectivity index (χ4v) is 4.55. The quantitative estimate of drug-likeness (QED) is 0.682. The second-order valence-corrected chi connectivity index (χ2v) is 8.57. The van der Waals surface area contributed by atoms with Crippen LogP contribution in [-0.4, -0.2) is 56.2 Å². The van der Waals surface area contributed by atoms with Gasteiger partial charge in [-0.25, -0.2) is 18.4 Å². The molecular formula is C18H24N4O3S. The zero-order valence-electron chi connectivity index (χ0n) is 14.8. The molecule has 1 fully saturated rings. The lowest BCUT2D eigenvalue weighted by atomic mass is 10.2. The molecule has 8 heteroatoms. The summed E-state index contributed by atoms with van der Waals surface area (Å²) in [5, 5.41) is 6.54. The summed E-state index contributed by atoms with van der Waals surface area (Å²) in [6.45, 7) is 1.41. The summed E-state index contributed by atoms with van der Waals surface area (Å²) in [5.74, 6) is 2.32. The molecule has 7 nitrogen and oxygen atoms in total. The van der Waals surface area contributed by atoms with E-state index in [1.54, 1.807) is 7.11 Å². The van der Waals surface area contributed by atoms with Gasteiger partial charge in [0.15, 0.2) is 15.7 Å². The summed E-state index contributed by atoms with van der Waals surface area (Å²) >= 11 is 0. The molecular weight excluding hydrogens is 352 g/mol. The van der Waals surface area contributed by atoms with Crippen molar-refractivity contribution in [2.45, 2.75) is 18.9 Å². The van der Waals surface area contributed by atoms with Gasteiger partial charge < -0.3 is 15.4 Å². The third kappa shape index (κ3) is 5.15. The largest absolute Gasteiger partial charge is 0.385 e. The first-order valence-electron chi connectivity index (χ1n) is 8.70. The Bertz CT molecular complexity index is 828. The Labute approximate surface area is 154 Å². The zero-order chi connectivity index (χ0) is 18.4. The molecule has 2 heterocycles. The Hall–Kier alpha value is -2.19. The Morgan fingerprint density at radius 2 is 1.96 bits per heavy atom. The summed E-state index contributed by atoms with van der Waals surface area (Å²) in [7, 11) is -1.27. The van der Waals surface area contributed by atoms with E-state index >= 15 is 0 Å². The highest BCUT2D eigenvalue weighted by Crippen LogP contribution is 2.22. The second kappa shape index (κ2) is 8.46. The summed E-state index contributed by atoms with van der Waals surface area (Å²) in [6, 6.07) is 11.4. The number of aromatic nitrogens is 2. The van der Waals surface area contributed by atoms with Gasteiger partial charge in [-0.1, -0.05) is 30.3 Å². The number of nitrogens with one attached hydrogen (secondary N) is 2. The van der Waals surface area contributed by atoms with Crippen LogP contribution in [0.3, 0.4) is 0 Å². The predicted octanol–water partition coefficient (Wildman–Crippen LogP) is 2.19. The number of rotatable bonds is 8. The molecule has 0 radical (unpaired) electrons. The van der Waals surface area contributed by atoms with Gasteiger partial charge in [0.2, 0.25) is 0 Å². The molecule has 1 atom stereocenters. The molecule has 1 saturated heterocycles. The summed E-state index contributed by atoms with van der Waals surface area (Å²) in [5.41, 5.74) is 0.912. The van der Waals surface area contributed by atoms with E-state index in [1.807, 2.05) is 36.4 Å². The Balaban J connectivity index is 1.80. The van der Waals surface area contributed by atoms with Crippen LogP contribution in [0.25, 0.3) is 11.4 Å². The smallest absolute Gasteiger partial charge is 0.163 e. The molecule has 2 aromatic rings. The molecule has 1 aromatic carbocycles. The molecule has 2 N–H and O–H groups in total. The average molecular weight is 376 g/mol. The van der Waals surface area contributed by atoms with Gasteiger partial charge in [-0.3, -0.25) is 0 Å². The van der Waals surface area contributed by atoms with Crippen molar-refractivity contribution in [2.24, 2.45) is 0 Å². The number of methoxy groups -OCH3 is 1. The van der Waals surface area contributed by atoms with Crippen LogP contribution in [0.1, 0.15) is 12.8 Å². The molecule has 0 saturated carbocycles. The molecule has 26 heavy (non-hydrogen) atoms. The molecule has 0 amide bonds. The third-order valence-corrected chi connectivity index (χ3v) is 5.94. The minimum Gasteiger partial charge on any atom is -0.385 e. The molecule has 0 aliphatic carbocycles. The van der Waals surface area contributed by atoms with Gasteiger partial charge >= 0.3 is 0 Å². The molecule has 3 rings (SSSR count). The van der Waals surface area contributed by atoms with Crippen molar-refractivity contribution >= 4 is 21.5 Å². The Morgan fingerprint density at radius 3 is 2.65 bits per heavy atom. The predicted molar refractivity (Wildman–Crippen MR) is 103 cm³/mol. The van der Waals surface area contributed by atoms with Crippen molar-refractivity contribution in [3.8, 4) is 11.4 Å². The number of hydrogen-bond donors (Lipinski definition) is 2. The first-order valence-corrected chi connectivity index (χ1v) is 10.5. The maximum atomic E-state index is 11.7. The second-order valence-electron chi connectivity index (χ2n) is 6.35. The molecule has 140 valence electrons. The molecule has 1 aliphatic rings. The lowest BCUT2D eigenvalue weighted by molar-refractivity contribution is 0.198. The van der Waals surface area contributed by atoms with Gasteiger partial charge in [-0.2, -0.15) is 0 Å². The fourth-order valence-electron chi connectivity index (χ4n) is 2.88. The summed E-state index contributed by atoms with van der Waals surface area (Å²) in [4.78, 5) is 9.16. The molecule has 1 aliphatic heterocycles. The first-order chi connectivity index (χ1) is 12.6. The van der Waals surface area contributed by atoms with Gasteiger partial charge in [0.1, 0.15) is 11.6 Å². The zero-order valence-corrected chi connectivity index (χ0v) is 15.6. The van der Waals surface area contributed by atoms with Crippen molar-refractivity contribution in [1.82, 2.24) is 9.97 Å². The number of sulfone groups is 1. The SMILES string of the molecule is COCCCNc1cc(NC2CCS(=O)(=O)C2)nc(-c2ccccc2)n1. The molecule has 0 bridgehead atoms. The monoisotopic (exact) mass is 376 g/mol. The van der Waals surface area contributed by atoms with Crippen LogP contribution in [0.4, 0.5) is 11.6 Å².